The van der Waals surface area contributed by atoms with Gasteiger partial charge in [-0.05, 0) is 79.4 Å². The molecule has 0 bridgehead atoms. The lowest BCUT2D eigenvalue weighted by atomic mass is 9.93. The molecule has 2 N–H and O–H groups in total. The number of benzene rings is 1. The maximum atomic E-state index is 12.9. The van der Waals surface area contributed by atoms with Gasteiger partial charge in [0.05, 0.1) is 5.56 Å². The average molecular weight is 400 g/mol. The summed E-state index contributed by atoms with van der Waals surface area (Å²) in [6.07, 6.45) is 5.64. The summed E-state index contributed by atoms with van der Waals surface area (Å²) in [7, 11) is 0. The second-order valence-corrected chi connectivity index (χ2v) is 7.17. The highest BCUT2D eigenvalue weighted by atomic mass is 127. The molecule has 2 aliphatic heterocycles. The molecule has 2 heterocycles. The van der Waals surface area contributed by atoms with E-state index in [1.807, 2.05) is 11.0 Å². The lowest BCUT2D eigenvalue weighted by Crippen LogP contribution is -2.52. The van der Waals surface area contributed by atoms with Crippen LogP contribution in [0.4, 0.5) is 0 Å². The number of carbonyl (C=O) groups excluding carboxylic acids is 1. The molecule has 2 atom stereocenters. The van der Waals surface area contributed by atoms with Crippen LogP contribution in [0.2, 0.25) is 0 Å². The first-order valence-corrected chi connectivity index (χ1v) is 8.77. The number of hydrogen-bond acceptors (Lipinski definition) is 3. The van der Waals surface area contributed by atoms with Crippen LogP contribution in [-0.4, -0.2) is 41.1 Å². The molecule has 0 radical (unpaired) electrons. The fourth-order valence-corrected chi connectivity index (χ4v) is 3.99. The molecule has 1 amide bonds. The Morgan fingerprint density at radius 3 is 2.90 bits per heavy atom. The normalized spacial score (nSPS) is 26.0. The van der Waals surface area contributed by atoms with Gasteiger partial charge in [-0.1, -0.05) is 0 Å². The number of phenols is 1. The van der Waals surface area contributed by atoms with E-state index in [4.69, 9.17) is 0 Å². The van der Waals surface area contributed by atoms with E-state index in [0.717, 1.165) is 35.9 Å². The quantitative estimate of drug-likeness (QED) is 0.751. The molecule has 2 fully saturated rings. The summed E-state index contributed by atoms with van der Waals surface area (Å²) >= 11 is 2.18. The highest BCUT2D eigenvalue weighted by Crippen LogP contribution is 2.28. The molecular formula is C16H21IN2O2. The number of amides is 1. The first kappa shape index (κ1) is 15.1. The zero-order valence-electron chi connectivity index (χ0n) is 12.0. The third kappa shape index (κ3) is 3.18. The van der Waals surface area contributed by atoms with E-state index in [1.165, 1.54) is 12.8 Å². The molecule has 1 aromatic carbocycles. The number of carbonyl (C=O) groups is 1. The first-order chi connectivity index (χ1) is 10.2. The van der Waals surface area contributed by atoms with E-state index in [2.05, 4.69) is 27.9 Å². The van der Waals surface area contributed by atoms with Gasteiger partial charge in [0, 0.05) is 22.2 Å². The van der Waals surface area contributed by atoms with Crippen LogP contribution in [0.15, 0.2) is 18.2 Å². The number of hydrogen-bond donors (Lipinski definition) is 2. The smallest absolute Gasteiger partial charge is 0.257 e. The summed E-state index contributed by atoms with van der Waals surface area (Å²) in [6, 6.07) is 5.90. The summed E-state index contributed by atoms with van der Waals surface area (Å²) < 4.78 is 0.973. The Morgan fingerprint density at radius 1 is 1.29 bits per heavy atom. The number of nitrogens with one attached hydrogen (secondary N) is 1. The Balaban J connectivity index is 1.85. The molecule has 3 rings (SSSR count). The molecule has 2 saturated heterocycles. The van der Waals surface area contributed by atoms with Gasteiger partial charge in [-0.15, -0.1) is 0 Å². The SMILES string of the molecule is O=C(c1cc(I)ccc1O)N1CCCCC1C1CCCN1. The Labute approximate surface area is 139 Å². The highest BCUT2D eigenvalue weighted by molar-refractivity contribution is 14.1. The van der Waals surface area contributed by atoms with Crippen LogP contribution in [-0.2, 0) is 0 Å². The average Bonchev–Trinajstić information content (AvgIpc) is 3.03. The van der Waals surface area contributed by atoms with E-state index in [9.17, 15) is 9.90 Å². The Bertz CT molecular complexity index is 529. The molecular weight excluding hydrogens is 379 g/mol. The molecule has 4 nitrogen and oxygen atoms in total. The van der Waals surface area contributed by atoms with Crippen molar-refractivity contribution in [2.24, 2.45) is 0 Å². The summed E-state index contributed by atoms with van der Waals surface area (Å²) in [4.78, 5) is 14.9. The van der Waals surface area contributed by atoms with Crippen molar-refractivity contribution in [1.29, 1.82) is 0 Å². The number of aromatic hydroxyl groups is 1. The van der Waals surface area contributed by atoms with Crippen molar-refractivity contribution in [3.05, 3.63) is 27.3 Å². The molecule has 0 saturated carbocycles. The second kappa shape index (κ2) is 6.52. The molecule has 21 heavy (non-hydrogen) atoms. The third-order valence-corrected chi connectivity index (χ3v) is 5.23. The zero-order valence-corrected chi connectivity index (χ0v) is 14.2. The van der Waals surface area contributed by atoms with E-state index < -0.39 is 0 Å². The molecule has 2 unspecified atom stereocenters. The fraction of sp³-hybridized carbons (Fsp3) is 0.562. The van der Waals surface area contributed by atoms with E-state index in [0.29, 0.717) is 11.6 Å². The molecule has 2 aliphatic rings. The second-order valence-electron chi connectivity index (χ2n) is 5.93. The molecule has 5 heteroatoms. The van der Waals surface area contributed by atoms with Gasteiger partial charge >= 0.3 is 0 Å². The summed E-state index contributed by atoms with van der Waals surface area (Å²) in [5.74, 6) is 0.0635. The molecule has 0 aliphatic carbocycles. The van der Waals surface area contributed by atoms with Crippen molar-refractivity contribution < 1.29 is 9.90 Å². The summed E-state index contributed by atoms with van der Waals surface area (Å²) in [6.45, 7) is 1.85. The minimum Gasteiger partial charge on any atom is -0.507 e. The molecule has 0 aromatic heterocycles. The lowest BCUT2D eigenvalue weighted by molar-refractivity contribution is 0.0560. The van der Waals surface area contributed by atoms with Gasteiger partial charge in [0.2, 0.25) is 0 Å². The number of rotatable bonds is 2. The van der Waals surface area contributed by atoms with Crippen LogP contribution in [0.1, 0.15) is 42.5 Å². The Morgan fingerprint density at radius 2 is 2.14 bits per heavy atom. The minimum atomic E-state index is -0.0237. The first-order valence-electron chi connectivity index (χ1n) is 7.69. The van der Waals surface area contributed by atoms with Crippen molar-refractivity contribution >= 4 is 28.5 Å². The maximum Gasteiger partial charge on any atom is 0.257 e. The standard InChI is InChI=1S/C16H21IN2O2/c17-11-6-7-15(20)12(10-11)16(21)19-9-2-1-5-14(19)13-4-3-8-18-13/h6-7,10,13-14,18,20H,1-5,8-9H2. The topological polar surface area (TPSA) is 52.6 Å². The van der Waals surface area contributed by atoms with E-state index in [-0.39, 0.29) is 17.7 Å². The Kier molecular flexibility index (Phi) is 4.69. The van der Waals surface area contributed by atoms with Crippen LogP contribution >= 0.6 is 22.6 Å². The van der Waals surface area contributed by atoms with Gasteiger partial charge in [0.1, 0.15) is 5.75 Å². The monoisotopic (exact) mass is 400 g/mol. The number of phenolic OH excluding ortho intramolecular Hbond substituents is 1. The van der Waals surface area contributed by atoms with Gasteiger partial charge < -0.3 is 15.3 Å². The number of likely N-dealkylation sites (tertiary alicyclic amines) is 1. The maximum absolute atomic E-state index is 12.9. The van der Waals surface area contributed by atoms with Crippen LogP contribution in [0, 0.1) is 3.57 Å². The van der Waals surface area contributed by atoms with E-state index in [1.54, 1.807) is 12.1 Å². The van der Waals surface area contributed by atoms with Crippen molar-refractivity contribution in [3.8, 4) is 5.75 Å². The summed E-state index contributed by atoms with van der Waals surface area (Å²) in [5.41, 5.74) is 0.437. The molecule has 114 valence electrons. The Hall–Kier alpha value is -0.820. The number of nitrogens with zero attached hydrogens (tertiary/aromatic N) is 1. The van der Waals surface area contributed by atoms with Crippen molar-refractivity contribution in [1.82, 2.24) is 10.2 Å². The summed E-state index contributed by atoms with van der Waals surface area (Å²) in [5, 5.41) is 13.6. The fourth-order valence-electron chi connectivity index (χ4n) is 3.50. The van der Waals surface area contributed by atoms with Crippen molar-refractivity contribution in [2.45, 2.75) is 44.2 Å². The van der Waals surface area contributed by atoms with Crippen LogP contribution in [0.3, 0.4) is 0 Å². The zero-order chi connectivity index (χ0) is 14.8. The van der Waals surface area contributed by atoms with Gasteiger partial charge in [0.15, 0.2) is 0 Å². The lowest BCUT2D eigenvalue weighted by Gasteiger charge is -2.39. The largest absolute Gasteiger partial charge is 0.507 e. The van der Waals surface area contributed by atoms with Gasteiger partial charge in [-0.3, -0.25) is 4.79 Å². The number of piperidine rings is 1. The highest BCUT2D eigenvalue weighted by Gasteiger charge is 2.35. The molecule has 0 spiro atoms. The predicted molar refractivity (Wildman–Crippen MR) is 90.5 cm³/mol. The van der Waals surface area contributed by atoms with Crippen LogP contribution in [0.25, 0.3) is 0 Å². The molecule has 1 aromatic rings. The van der Waals surface area contributed by atoms with Crippen LogP contribution < -0.4 is 5.32 Å². The van der Waals surface area contributed by atoms with Gasteiger partial charge in [-0.25, -0.2) is 0 Å². The van der Waals surface area contributed by atoms with Crippen molar-refractivity contribution in [2.75, 3.05) is 13.1 Å². The van der Waals surface area contributed by atoms with Crippen molar-refractivity contribution in [3.63, 3.8) is 0 Å². The predicted octanol–water partition coefficient (Wildman–Crippen LogP) is 2.74. The van der Waals surface area contributed by atoms with Gasteiger partial charge in [-0.2, -0.15) is 0 Å². The van der Waals surface area contributed by atoms with E-state index >= 15 is 0 Å². The third-order valence-electron chi connectivity index (χ3n) is 4.56. The van der Waals surface area contributed by atoms with Gasteiger partial charge in [0.25, 0.3) is 5.91 Å². The number of halogens is 1. The minimum absolute atomic E-state index is 0.0237. The van der Waals surface area contributed by atoms with Crippen LogP contribution in [0.5, 0.6) is 5.75 Å².